The largest absolute Gasteiger partial charge is 0.497 e. The molecule has 1 atom stereocenters. The third-order valence-electron chi connectivity index (χ3n) is 6.77. The number of para-hydroxylation sites is 1. The molecule has 8 heteroatoms. The molecular formula is C27H32N4O4. The number of aromatic nitrogens is 2. The molecule has 2 aliphatic heterocycles. The smallest absolute Gasteiger partial charge is 0.257 e. The van der Waals surface area contributed by atoms with Crippen molar-refractivity contribution in [3.05, 3.63) is 60.3 Å². The molecule has 5 rings (SSSR count). The van der Waals surface area contributed by atoms with Crippen molar-refractivity contribution in [1.29, 1.82) is 0 Å². The molecular weight excluding hydrogens is 444 g/mol. The molecule has 2 aliphatic rings. The minimum absolute atomic E-state index is 0.0242. The number of ether oxygens (including phenoxy) is 3. The number of hydrogen-bond donors (Lipinski definition) is 0. The summed E-state index contributed by atoms with van der Waals surface area (Å²) in [6.07, 6.45) is 4.42. The van der Waals surface area contributed by atoms with Gasteiger partial charge < -0.3 is 19.1 Å². The first-order valence-corrected chi connectivity index (χ1v) is 12.2. The van der Waals surface area contributed by atoms with Gasteiger partial charge in [0.2, 0.25) is 0 Å². The van der Waals surface area contributed by atoms with Gasteiger partial charge in [-0.2, -0.15) is 5.10 Å². The van der Waals surface area contributed by atoms with Crippen LogP contribution in [0.2, 0.25) is 0 Å². The topological polar surface area (TPSA) is 69.1 Å². The van der Waals surface area contributed by atoms with Crippen LogP contribution in [-0.2, 0) is 4.74 Å². The summed E-state index contributed by atoms with van der Waals surface area (Å²) in [4.78, 5) is 18.1. The van der Waals surface area contributed by atoms with Gasteiger partial charge in [-0.15, -0.1) is 0 Å². The Morgan fingerprint density at radius 2 is 1.86 bits per heavy atom. The Morgan fingerprint density at radius 3 is 2.54 bits per heavy atom. The van der Waals surface area contributed by atoms with E-state index < -0.39 is 0 Å². The molecule has 0 spiro atoms. The Bertz CT molecular complexity index is 1150. The summed E-state index contributed by atoms with van der Waals surface area (Å²) < 4.78 is 18.6. The Balaban J connectivity index is 1.44. The fourth-order valence-electron chi connectivity index (χ4n) is 4.82. The van der Waals surface area contributed by atoms with Crippen LogP contribution in [0.4, 0.5) is 0 Å². The van der Waals surface area contributed by atoms with Gasteiger partial charge >= 0.3 is 0 Å². The van der Waals surface area contributed by atoms with E-state index in [1.807, 2.05) is 59.6 Å². The first kappa shape index (κ1) is 23.4. The summed E-state index contributed by atoms with van der Waals surface area (Å²) in [5, 5.41) is 4.84. The first-order valence-electron chi connectivity index (χ1n) is 12.2. The highest BCUT2D eigenvalue weighted by Crippen LogP contribution is 2.35. The van der Waals surface area contributed by atoms with Gasteiger partial charge in [-0.3, -0.25) is 9.69 Å². The standard InChI is InChI=1S/C27H32N4O4/c1-33-21-10-11-25(34-2)23(17-21)26-24(19-31(28-26)20-7-4-3-5-8-20)27(32)30-14-12-29(13-15-30)18-22-9-6-16-35-22/h3-5,7-8,10-11,17,19,22H,6,9,12-16,18H2,1-2H3. The summed E-state index contributed by atoms with van der Waals surface area (Å²) in [5.74, 6) is 1.29. The molecule has 0 bridgehead atoms. The zero-order valence-electron chi connectivity index (χ0n) is 20.4. The normalized spacial score (nSPS) is 18.6. The zero-order valence-corrected chi connectivity index (χ0v) is 20.4. The Kier molecular flexibility index (Phi) is 7.01. The third kappa shape index (κ3) is 5.04. The number of piperazine rings is 1. The minimum Gasteiger partial charge on any atom is -0.497 e. The SMILES string of the molecule is COc1ccc(OC)c(-c2nn(-c3ccccc3)cc2C(=O)N2CCN(CC3CCCO3)CC2)c1. The predicted octanol–water partition coefficient (Wildman–Crippen LogP) is 3.49. The van der Waals surface area contributed by atoms with Crippen molar-refractivity contribution in [2.45, 2.75) is 18.9 Å². The van der Waals surface area contributed by atoms with E-state index in [4.69, 9.17) is 19.3 Å². The summed E-state index contributed by atoms with van der Waals surface area (Å²) >= 11 is 0. The van der Waals surface area contributed by atoms with Crippen LogP contribution in [0.15, 0.2) is 54.7 Å². The molecule has 3 aromatic rings. The average Bonchev–Trinajstić information content (AvgIpc) is 3.59. The van der Waals surface area contributed by atoms with Gasteiger partial charge in [-0.1, -0.05) is 18.2 Å². The maximum Gasteiger partial charge on any atom is 0.257 e. The lowest BCUT2D eigenvalue weighted by Gasteiger charge is -2.35. The molecule has 0 radical (unpaired) electrons. The number of rotatable bonds is 7. The van der Waals surface area contributed by atoms with Gasteiger partial charge in [-0.25, -0.2) is 4.68 Å². The van der Waals surface area contributed by atoms with Crippen LogP contribution < -0.4 is 9.47 Å². The van der Waals surface area contributed by atoms with E-state index >= 15 is 0 Å². The number of methoxy groups -OCH3 is 2. The lowest BCUT2D eigenvalue weighted by Crippen LogP contribution is -2.50. The van der Waals surface area contributed by atoms with Gasteiger partial charge in [0.1, 0.15) is 17.2 Å². The van der Waals surface area contributed by atoms with Crippen molar-refractivity contribution in [3.8, 4) is 28.4 Å². The number of amides is 1. The van der Waals surface area contributed by atoms with Crippen LogP contribution in [-0.4, -0.2) is 85.1 Å². The van der Waals surface area contributed by atoms with E-state index in [0.29, 0.717) is 41.9 Å². The van der Waals surface area contributed by atoms with E-state index in [-0.39, 0.29) is 5.91 Å². The molecule has 0 N–H and O–H groups in total. The molecule has 8 nitrogen and oxygen atoms in total. The average molecular weight is 477 g/mol. The highest BCUT2D eigenvalue weighted by Gasteiger charge is 2.29. The number of carbonyl (C=O) groups excluding carboxylic acids is 1. The fraction of sp³-hybridized carbons (Fsp3) is 0.407. The van der Waals surface area contributed by atoms with Crippen molar-refractivity contribution < 1.29 is 19.0 Å². The van der Waals surface area contributed by atoms with Crippen molar-refractivity contribution in [2.75, 3.05) is 53.6 Å². The number of nitrogens with zero attached hydrogens (tertiary/aromatic N) is 4. The number of benzene rings is 2. The Morgan fingerprint density at radius 1 is 1.06 bits per heavy atom. The fourth-order valence-corrected chi connectivity index (χ4v) is 4.82. The molecule has 0 saturated carbocycles. The second-order valence-electron chi connectivity index (χ2n) is 8.97. The number of hydrogen-bond acceptors (Lipinski definition) is 6. The van der Waals surface area contributed by atoms with Crippen molar-refractivity contribution >= 4 is 5.91 Å². The zero-order chi connectivity index (χ0) is 24.2. The van der Waals surface area contributed by atoms with Gasteiger partial charge in [-0.05, 0) is 43.2 Å². The second-order valence-corrected chi connectivity index (χ2v) is 8.97. The molecule has 1 unspecified atom stereocenters. The van der Waals surface area contributed by atoms with Crippen molar-refractivity contribution in [3.63, 3.8) is 0 Å². The van der Waals surface area contributed by atoms with Crippen LogP contribution in [0.25, 0.3) is 16.9 Å². The van der Waals surface area contributed by atoms with Gasteiger partial charge in [0.15, 0.2) is 0 Å². The monoisotopic (exact) mass is 476 g/mol. The molecule has 2 aromatic carbocycles. The lowest BCUT2D eigenvalue weighted by molar-refractivity contribution is 0.0433. The maximum atomic E-state index is 13.8. The summed E-state index contributed by atoms with van der Waals surface area (Å²) in [5.41, 5.74) is 2.74. The van der Waals surface area contributed by atoms with Crippen LogP contribution in [0.1, 0.15) is 23.2 Å². The first-order chi connectivity index (χ1) is 17.2. The summed E-state index contributed by atoms with van der Waals surface area (Å²) in [6, 6.07) is 15.4. The van der Waals surface area contributed by atoms with Gasteiger partial charge in [0.25, 0.3) is 5.91 Å². The molecule has 1 amide bonds. The van der Waals surface area contributed by atoms with E-state index in [2.05, 4.69) is 4.90 Å². The molecule has 184 valence electrons. The van der Waals surface area contributed by atoms with Crippen molar-refractivity contribution in [2.24, 2.45) is 0 Å². The van der Waals surface area contributed by atoms with Gasteiger partial charge in [0, 0.05) is 51.1 Å². The summed E-state index contributed by atoms with van der Waals surface area (Å²) in [7, 11) is 3.24. The maximum absolute atomic E-state index is 13.8. The van der Waals surface area contributed by atoms with E-state index in [1.165, 1.54) is 0 Å². The minimum atomic E-state index is -0.0242. The highest BCUT2D eigenvalue weighted by atomic mass is 16.5. The van der Waals surface area contributed by atoms with Crippen LogP contribution in [0.5, 0.6) is 11.5 Å². The second kappa shape index (κ2) is 10.5. The predicted molar refractivity (Wildman–Crippen MR) is 133 cm³/mol. The Hall–Kier alpha value is -3.36. The highest BCUT2D eigenvalue weighted by molar-refractivity contribution is 6.00. The molecule has 2 fully saturated rings. The summed E-state index contributed by atoms with van der Waals surface area (Å²) in [6.45, 7) is 4.85. The number of carbonyl (C=O) groups is 1. The van der Waals surface area contributed by atoms with Crippen molar-refractivity contribution in [1.82, 2.24) is 19.6 Å². The lowest BCUT2D eigenvalue weighted by atomic mass is 10.1. The van der Waals surface area contributed by atoms with Gasteiger partial charge in [0.05, 0.1) is 31.6 Å². The van der Waals surface area contributed by atoms with Crippen LogP contribution in [0, 0.1) is 0 Å². The van der Waals surface area contributed by atoms with E-state index in [1.54, 1.807) is 18.9 Å². The van der Waals surface area contributed by atoms with Crippen LogP contribution in [0.3, 0.4) is 0 Å². The quantitative estimate of drug-likeness (QED) is 0.520. The van der Waals surface area contributed by atoms with E-state index in [0.717, 1.165) is 50.3 Å². The molecule has 35 heavy (non-hydrogen) atoms. The molecule has 0 aliphatic carbocycles. The molecule has 2 saturated heterocycles. The van der Waals surface area contributed by atoms with E-state index in [9.17, 15) is 4.79 Å². The Labute approximate surface area is 206 Å². The van der Waals surface area contributed by atoms with Crippen LogP contribution >= 0.6 is 0 Å². The molecule has 3 heterocycles. The molecule has 1 aromatic heterocycles. The third-order valence-corrected chi connectivity index (χ3v) is 6.77.